The van der Waals surface area contributed by atoms with Crippen LogP contribution in [0.4, 0.5) is 11.4 Å². The Morgan fingerprint density at radius 2 is 1.88 bits per heavy atom. The van der Waals surface area contributed by atoms with E-state index < -0.39 is 18.3 Å². The van der Waals surface area contributed by atoms with E-state index in [-0.39, 0.29) is 29.7 Å². The van der Waals surface area contributed by atoms with Gasteiger partial charge in [-0.25, -0.2) is 0 Å². The van der Waals surface area contributed by atoms with Gasteiger partial charge in [0.05, 0.1) is 28.6 Å². The van der Waals surface area contributed by atoms with Gasteiger partial charge in [-0.2, -0.15) is 0 Å². The van der Waals surface area contributed by atoms with Gasteiger partial charge in [0.1, 0.15) is 0 Å². The van der Waals surface area contributed by atoms with E-state index in [1.807, 2.05) is 9.80 Å². The summed E-state index contributed by atoms with van der Waals surface area (Å²) in [5.74, 6) is 0.575. The number of benzene rings is 2. The number of thioether (sulfide) groups is 1. The van der Waals surface area contributed by atoms with Crippen LogP contribution in [0.15, 0.2) is 47.4 Å². The molecule has 10 heteroatoms. The Balaban J connectivity index is 1.27. The molecule has 3 heterocycles. The van der Waals surface area contributed by atoms with Crippen molar-refractivity contribution in [3.63, 3.8) is 0 Å². The SMILES string of the molecule is COCCCN1C(=O)CSc2ccc(N(C(=O)[C@H]3CNCC[C@@H]3c3cccc(B4OC(C)(C)C(C)(C)O4)c3)C3CC3)cc21. The second-order valence-electron chi connectivity index (χ2n) is 13.2. The van der Waals surface area contributed by atoms with Crippen molar-refractivity contribution in [2.24, 2.45) is 5.92 Å². The van der Waals surface area contributed by atoms with Crippen molar-refractivity contribution in [1.82, 2.24) is 5.32 Å². The standard InChI is InChI=1S/C33H44BN3O5S/c1-32(2)33(3,4)42-34(41-32)23-9-6-8-22(18-23)26-14-15-35-20-27(26)31(39)37(24-10-11-24)25-12-13-29-28(19-25)36(16-7-17-40-5)30(38)21-43-29/h6,8-9,12-13,18-19,24,26-27,35H,7,10-11,14-17,20-21H2,1-5H3/t26-,27+/m1/s1. The molecule has 2 saturated heterocycles. The van der Waals surface area contributed by atoms with Crippen LogP contribution in [0.3, 0.4) is 0 Å². The molecule has 0 spiro atoms. The summed E-state index contributed by atoms with van der Waals surface area (Å²) in [6.45, 7) is 11.0. The molecule has 0 bridgehead atoms. The number of anilines is 2. The molecule has 3 fully saturated rings. The third-order valence-corrected chi connectivity index (χ3v) is 10.8. The Morgan fingerprint density at radius 1 is 1.12 bits per heavy atom. The number of nitrogens with one attached hydrogen (secondary N) is 1. The molecular formula is C33H44BN3O5S. The first-order chi connectivity index (χ1) is 20.6. The predicted octanol–water partition coefficient (Wildman–Crippen LogP) is 4.35. The van der Waals surface area contributed by atoms with Gasteiger partial charge in [-0.15, -0.1) is 11.8 Å². The monoisotopic (exact) mass is 605 g/mol. The fraction of sp³-hybridized carbons (Fsp3) is 0.576. The summed E-state index contributed by atoms with van der Waals surface area (Å²) in [6.07, 6.45) is 3.64. The molecule has 2 aromatic carbocycles. The maximum Gasteiger partial charge on any atom is 0.494 e. The second-order valence-corrected chi connectivity index (χ2v) is 14.3. The summed E-state index contributed by atoms with van der Waals surface area (Å²) >= 11 is 1.57. The Kier molecular flexibility index (Phi) is 8.70. The molecule has 2 amide bonds. The lowest BCUT2D eigenvalue weighted by atomic mass is 9.74. The normalized spacial score (nSPS) is 24.6. The highest BCUT2D eigenvalue weighted by Gasteiger charge is 2.52. The Morgan fingerprint density at radius 3 is 2.60 bits per heavy atom. The number of hydrogen-bond acceptors (Lipinski definition) is 7. The highest BCUT2D eigenvalue weighted by atomic mass is 32.2. The average Bonchev–Trinajstić information content (AvgIpc) is 3.79. The van der Waals surface area contributed by atoms with E-state index in [1.54, 1.807) is 18.9 Å². The molecule has 0 aromatic heterocycles. The highest BCUT2D eigenvalue weighted by Crippen LogP contribution is 2.43. The van der Waals surface area contributed by atoms with Crippen molar-refractivity contribution >= 4 is 47.5 Å². The molecule has 43 heavy (non-hydrogen) atoms. The number of carbonyl (C=O) groups is 2. The summed E-state index contributed by atoms with van der Waals surface area (Å²) in [6, 6.07) is 14.9. The zero-order chi connectivity index (χ0) is 30.4. The van der Waals surface area contributed by atoms with E-state index in [2.05, 4.69) is 75.5 Å². The van der Waals surface area contributed by atoms with E-state index in [0.29, 0.717) is 25.4 Å². The van der Waals surface area contributed by atoms with Crippen molar-refractivity contribution in [3.05, 3.63) is 48.0 Å². The summed E-state index contributed by atoms with van der Waals surface area (Å²) in [5, 5.41) is 3.50. The summed E-state index contributed by atoms with van der Waals surface area (Å²) in [4.78, 5) is 32.4. The third kappa shape index (κ3) is 6.14. The Hall–Kier alpha value is -2.37. The van der Waals surface area contributed by atoms with E-state index in [0.717, 1.165) is 59.5 Å². The number of fused-ring (bicyclic) bond motifs is 1. The quantitative estimate of drug-likeness (QED) is 0.337. The number of amides is 2. The lowest BCUT2D eigenvalue weighted by molar-refractivity contribution is -0.123. The number of hydrogen-bond donors (Lipinski definition) is 1. The fourth-order valence-electron chi connectivity index (χ4n) is 6.41. The highest BCUT2D eigenvalue weighted by molar-refractivity contribution is 8.00. The molecule has 0 radical (unpaired) electrons. The molecule has 230 valence electrons. The van der Waals surface area contributed by atoms with Gasteiger partial charge in [-0.3, -0.25) is 9.59 Å². The van der Waals surface area contributed by atoms with E-state index in [4.69, 9.17) is 14.0 Å². The first kappa shape index (κ1) is 30.7. The fourth-order valence-corrected chi connectivity index (χ4v) is 7.33. The summed E-state index contributed by atoms with van der Waals surface area (Å²) in [5.41, 5.74) is 3.10. The third-order valence-electron chi connectivity index (χ3n) is 9.71. The van der Waals surface area contributed by atoms with Gasteiger partial charge in [0, 0.05) is 43.4 Å². The Bertz CT molecular complexity index is 1350. The molecule has 6 rings (SSSR count). The van der Waals surface area contributed by atoms with Gasteiger partial charge in [0.25, 0.3) is 0 Å². The zero-order valence-electron chi connectivity index (χ0n) is 26.1. The smallest absolute Gasteiger partial charge is 0.399 e. The molecule has 1 N–H and O–H groups in total. The molecule has 2 atom stereocenters. The molecule has 4 aliphatic rings. The summed E-state index contributed by atoms with van der Waals surface area (Å²) < 4.78 is 17.9. The summed E-state index contributed by atoms with van der Waals surface area (Å²) in [7, 11) is 1.24. The van der Waals surface area contributed by atoms with Crippen molar-refractivity contribution < 1.29 is 23.6 Å². The molecule has 2 aromatic rings. The predicted molar refractivity (Wildman–Crippen MR) is 172 cm³/mol. The number of piperidine rings is 1. The van der Waals surface area contributed by atoms with Crippen LogP contribution in [-0.4, -0.2) is 75.3 Å². The van der Waals surface area contributed by atoms with Crippen LogP contribution in [0, 0.1) is 5.92 Å². The minimum Gasteiger partial charge on any atom is -0.399 e. The van der Waals surface area contributed by atoms with Gasteiger partial charge in [0.15, 0.2) is 0 Å². The Labute approximate surface area is 260 Å². The first-order valence-electron chi connectivity index (χ1n) is 15.6. The van der Waals surface area contributed by atoms with Gasteiger partial charge in [-0.05, 0) is 95.1 Å². The van der Waals surface area contributed by atoms with E-state index in [1.165, 1.54) is 0 Å². The van der Waals surface area contributed by atoms with Crippen molar-refractivity contribution in [3.8, 4) is 0 Å². The number of ether oxygens (including phenoxy) is 1. The van der Waals surface area contributed by atoms with Crippen LogP contribution < -0.4 is 20.6 Å². The number of methoxy groups -OCH3 is 1. The van der Waals surface area contributed by atoms with Gasteiger partial charge in [-0.1, -0.05) is 24.3 Å². The number of nitrogens with zero attached hydrogens (tertiary/aromatic N) is 2. The minimum atomic E-state index is -0.438. The molecule has 1 aliphatic carbocycles. The topological polar surface area (TPSA) is 80.3 Å². The van der Waals surface area contributed by atoms with Gasteiger partial charge >= 0.3 is 7.12 Å². The maximum atomic E-state index is 14.5. The van der Waals surface area contributed by atoms with Crippen LogP contribution in [0.25, 0.3) is 0 Å². The number of rotatable bonds is 9. The second kappa shape index (κ2) is 12.2. The molecular weight excluding hydrogens is 561 g/mol. The zero-order valence-corrected chi connectivity index (χ0v) is 26.9. The van der Waals surface area contributed by atoms with Gasteiger partial charge < -0.3 is 29.2 Å². The van der Waals surface area contributed by atoms with Gasteiger partial charge in [0.2, 0.25) is 11.8 Å². The molecule has 0 unspecified atom stereocenters. The van der Waals surface area contributed by atoms with Crippen molar-refractivity contribution in [1.29, 1.82) is 0 Å². The van der Waals surface area contributed by atoms with Crippen LogP contribution >= 0.6 is 11.8 Å². The molecule has 8 nitrogen and oxygen atoms in total. The van der Waals surface area contributed by atoms with Crippen LogP contribution in [0.5, 0.6) is 0 Å². The number of carbonyl (C=O) groups excluding carboxylic acids is 2. The van der Waals surface area contributed by atoms with Crippen molar-refractivity contribution in [2.75, 3.05) is 48.9 Å². The van der Waals surface area contributed by atoms with Crippen LogP contribution in [0.1, 0.15) is 64.9 Å². The van der Waals surface area contributed by atoms with E-state index in [9.17, 15) is 9.59 Å². The molecule has 1 saturated carbocycles. The largest absolute Gasteiger partial charge is 0.494 e. The first-order valence-corrected chi connectivity index (χ1v) is 16.6. The lowest BCUT2D eigenvalue weighted by Crippen LogP contribution is -2.47. The minimum absolute atomic E-state index is 0.0812. The lowest BCUT2D eigenvalue weighted by Gasteiger charge is -2.36. The molecule has 3 aliphatic heterocycles. The average molecular weight is 606 g/mol. The van der Waals surface area contributed by atoms with Crippen molar-refractivity contribution in [2.45, 2.75) is 81.4 Å². The van der Waals surface area contributed by atoms with E-state index >= 15 is 0 Å². The maximum absolute atomic E-state index is 14.5. The van der Waals surface area contributed by atoms with Crippen LogP contribution in [0.2, 0.25) is 0 Å². The van der Waals surface area contributed by atoms with Crippen LogP contribution in [-0.2, 0) is 23.6 Å².